The van der Waals surface area contributed by atoms with E-state index >= 15 is 0 Å². The standard InChI is InChI=1S/C25H33N3O5S/c1-18(2)14-15-26-24(30)25(4)17-27(34(31,32)22-12-6-19(3)7-13-22)16-23(29)28(25)20-8-10-21(33-5)11-9-20/h6-13,18H,14-17H2,1-5H3,(H,26,30)/t25-/m0/s1. The van der Waals surface area contributed by atoms with E-state index in [9.17, 15) is 18.0 Å². The van der Waals surface area contributed by atoms with Crippen LogP contribution < -0.4 is 15.0 Å². The van der Waals surface area contributed by atoms with Crippen molar-refractivity contribution in [2.45, 2.75) is 44.6 Å². The summed E-state index contributed by atoms with van der Waals surface area (Å²) in [6.45, 7) is 7.48. The highest BCUT2D eigenvalue weighted by Crippen LogP contribution is 2.33. The number of sulfonamides is 1. The van der Waals surface area contributed by atoms with Crippen molar-refractivity contribution in [3.8, 4) is 5.75 Å². The van der Waals surface area contributed by atoms with E-state index in [1.807, 2.05) is 6.92 Å². The topological polar surface area (TPSA) is 96.0 Å². The zero-order valence-electron chi connectivity index (χ0n) is 20.4. The van der Waals surface area contributed by atoms with Crippen molar-refractivity contribution in [3.63, 3.8) is 0 Å². The molecule has 1 atom stereocenters. The molecular weight excluding hydrogens is 454 g/mol. The molecule has 0 unspecified atom stereocenters. The monoisotopic (exact) mass is 487 g/mol. The Balaban J connectivity index is 1.99. The lowest BCUT2D eigenvalue weighted by Gasteiger charge is -2.46. The molecule has 2 aromatic rings. The molecule has 1 heterocycles. The zero-order valence-corrected chi connectivity index (χ0v) is 21.2. The lowest BCUT2D eigenvalue weighted by Crippen LogP contribution is -2.70. The number of hydrogen-bond acceptors (Lipinski definition) is 5. The number of aryl methyl sites for hydroxylation is 1. The number of anilines is 1. The fourth-order valence-electron chi connectivity index (χ4n) is 3.99. The molecule has 3 rings (SSSR count). The molecule has 0 bridgehead atoms. The molecule has 1 saturated heterocycles. The Labute approximate surface area is 201 Å². The summed E-state index contributed by atoms with van der Waals surface area (Å²) in [6, 6.07) is 13.3. The first-order chi connectivity index (χ1) is 16.0. The Morgan fingerprint density at radius 2 is 1.74 bits per heavy atom. The Morgan fingerprint density at radius 1 is 1.12 bits per heavy atom. The summed E-state index contributed by atoms with van der Waals surface area (Å²) in [4.78, 5) is 28.3. The van der Waals surface area contributed by atoms with Crippen LogP contribution in [0, 0.1) is 12.8 Å². The fraction of sp³-hybridized carbons (Fsp3) is 0.440. The quantitative estimate of drug-likeness (QED) is 0.618. The van der Waals surface area contributed by atoms with Crippen LogP contribution in [0.5, 0.6) is 5.75 Å². The van der Waals surface area contributed by atoms with Crippen LogP contribution in [0.15, 0.2) is 53.4 Å². The average molecular weight is 488 g/mol. The first kappa shape index (κ1) is 25.7. The van der Waals surface area contributed by atoms with Gasteiger partial charge in [0.2, 0.25) is 21.8 Å². The third-order valence-electron chi connectivity index (χ3n) is 6.02. The maximum atomic E-state index is 13.5. The number of carbonyl (C=O) groups is 2. The van der Waals surface area contributed by atoms with Crippen LogP contribution in [-0.4, -0.2) is 56.8 Å². The second-order valence-electron chi connectivity index (χ2n) is 9.23. The zero-order chi connectivity index (χ0) is 25.1. The van der Waals surface area contributed by atoms with Crippen molar-refractivity contribution in [3.05, 3.63) is 54.1 Å². The summed E-state index contributed by atoms with van der Waals surface area (Å²) < 4.78 is 33.1. The van der Waals surface area contributed by atoms with Crippen LogP contribution in [0.25, 0.3) is 0 Å². The van der Waals surface area contributed by atoms with E-state index in [0.717, 1.165) is 16.3 Å². The van der Waals surface area contributed by atoms with Gasteiger partial charge in [-0.2, -0.15) is 4.31 Å². The van der Waals surface area contributed by atoms with Gasteiger partial charge >= 0.3 is 0 Å². The van der Waals surface area contributed by atoms with Crippen LogP contribution >= 0.6 is 0 Å². The largest absolute Gasteiger partial charge is 0.497 e. The minimum atomic E-state index is -3.98. The van der Waals surface area contributed by atoms with E-state index in [4.69, 9.17) is 4.74 Å². The SMILES string of the molecule is COc1ccc(N2C(=O)CN(S(=O)(=O)c3ccc(C)cc3)C[C@@]2(C)C(=O)NCCC(C)C)cc1. The predicted molar refractivity (Wildman–Crippen MR) is 131 cm³/mol. The normalized spacial score (nSPS) is 19.4. The second kappa shape index (κ2) is 10.1. The van der Waals surface area contributed by atoms with E-state index < -0.39 is 27.4 Å². The first-order valence-electron chi connectivity index (χ1n) is 11.3. The van der Waals surface area contributed by atoms with Crippen molar-refractivity contribution in [2.24, 2.45) is 5.92 Å². The van der Waals surface area contributed by atoms with Gasteiger partial charge in [-0.05, 0) is 62.6 Å². The van der Waals surface area contributed by atoms with Crippen LogP contribution in [0.1, 0.15) is 32.8 Å². The first-order valence-corrected chi connectivity index (χ1v) is 12.8. The molecule has 1 aliphatic heterocycles. The highest BCUT2D eigenvalue weighted by Gasteiger charge is 2.51. The maximum absolute atomic E-state index is 13.5. The van der Waals surface area contributed by atoms with Gasteiger partial charge in [0, 0.05) is 18.8 Å². The molecular formula is C25H33N3O5S. The number of carbonyl (C=O) groups excluding carboxylic acids is 2. The number of ether oxygens (including phenoxy) is 1. The third kappa shape index (κ3) is 5.26. The van der Waals surface area contributed by atoms with Gasteiger partial charge in [-0.25, -0.2) is 8.42 Å². The molecule has 0 saturated carbocycles. The van der Waals surface area contributed by atoms with E-state index in [1.165, 1.54) is 17.0 Å². The van der Waals surface area contributed by atoms with Gasteiger partial charge in [-0.15, -0.1) is 0 Å². The molecule has 2 aromatic carbocycles. The van der Waals surface area contributed by atoms with Crippen molar-refractivity contribution >= 4 is 27.5 Å². The highest BCUT2D eigenvalue weighted by atomic mass is 32.2. The molecule has 0 spiro atoms. The van der Waals surface area contributed by atoms with Crippen molar-refractivity contribution in [1.29, 1.82) is 0 Å². The number of methoxy groups -OCH3 is 1. The molecule has 0 radical (unpaired) electrons. The molecule has 8 nitrogen and oxygen atoms in total. The maximum Gasteiger partial charge on any atom is 0.247 e. The molecule has 0 aromatic heterocycles. The van der Waals surface area contributed by atoms with Crippen LogP contribution in [0.3, 0.4) is 0 Å². The van der Waals surface area contributed by atoms with Crippen molar-refractivity contribution < 1.29 is 22.7 Å². The van der Waals surface area contributed by atoms with E-state index in [0.29, 0.717) is 23.9 Å². The van der Waals surface area contributed by atoms with Crippen LogP contribution in [0.4, 0.5) is 5.69 Å². The van der Waals surface area contributed by atoms with Gasteiger partial charge in [0.05, 0.1) is 18.6 Å². The predicted octanol–water partition coefficient (Wildman–Crippen LogP) is 2.96. The summed E-state index contributed by atoms with van der Waals surface area (Å²) in [7, 11) is -2.44. The minimum absolute atomic E-state index is 0.0892. The van der Waals surface area contributed by atoms with Gasteiger partial charge in [-0.3, -0.25) is 14.5 Å². The molecule has 34 heavy (non-hydrogen) atoms. The number of nitrogens with one attached hydrogen (secondary N) is 1. The average Bonchev–Trinajstić information content (AvgIpc) is 2.79. The summed E-state index contributed by atoms with van der Waals surface area (Å²) >= 11 is 0. The third-order valence-corrected chi connectivity index (χ3v) is 7.83. The van der Waals surface area contributed by atoms with E-state index in [2.05, 4.69) is 19.2 Å². The number of benzene rings is 2. The van der Waals surface area contributed by atoms with Gasteiger partial charge in [0.1, 0.15) is 11.3 Å². The number of nitrogens with zero attached hydrogens (tertiary/aromatic N) is 2. The number of piperazine rings is 1. The summed E-state index contributed by atoms with van der Waals surface area (Å²) in [6.07, 6.45) is 0.768. The van der Waals surface area contributed by atoms with E-state index in [-0.39, 0.29) is 18.0 Å². The van der Waals surface area contributed by atoms with Crippen LogP contribution in [-0.2, 0) is 19.6 Å². The molecule has 0 aliphatic carbocycles. The van der Waals surface area contributed by atoms with Gasteiger partial charge in [0.25, 0.3) is 0 Å². The van der Waals surface area contributed by atoms with Gasteiger partial charge in [0.15, 0.2) is 0 Å². The Kier molecular flexibility index (Phi) is 7.67. The van der Waals surface area contributed by atoms with Crippen molar-refractivity contribution in [2.75, 3.05) is 31.6 Å². The summed E-state index contributed by atoms with van der Waals surface area (Å²) in [5.74, 6) is 0.117. The fourth-order valence-corrected chi connectivity index (χ4v) is 5.47. The smallest absolute Gasteiger partial charge is 0.247 e. The number of hydrogen-bond donors (Lipinski definition) is 1. The number of rotatable bonds is 8. The van der Waals surface area contributed by atoms with E-state index in [1.54, 1.807) is 50.4 Å². The van der Waals surface area contributed by atoms with Gasteiger partial charge < -0.3 is 10.1 Å². The number of amides is 2. The summed E-state index contributed by atoms with van der Waals surface area (Å²) in [5, 5.41) is 2.91. The second-order valence-corrected chi connectivity index (χ2v) is 11.2. The molecule has 1 fully saturated rings. The molecule has 1 aliphatic rings. The Hall–Kier alpha value is -2.91. The highest BCUT2D eigenvalue weighted by molar-refractivity contribution is 7.89. The lowest BCUT2D eigenvalue weighted by atomic mass is 9.94. The van der Waals surface area contributed by atoms with Crippen molar-refractivity contribution in [1.82, 2.24) is 9.62 Å². The molecule has 2 amide bonds. The molecule has 1 N–H and O–H groups in total. The molecule has 184 valence electrons. The lowest BCUT2D eigenvalue weighted by molar-refractivity contribution is -0.132. The Bertz CT molecular complexity index is 1130. The van der Waals surface area contributed by atoms with Crippen LogP contribution in [0.2, 0.25) is 0 Å². The van der Waals surface area contributed by atoms with Gasteiger partial charge in [-0.1, -0.05) is 31.5 Å². The Morgan fingerprint density at radius 3 is 2.29 bits per heavy atom. The molecule has 9 heteroatoms. The summed E-state index contributed by atoms with van der Waals surface area (Å²) in [5.41, 5.74) is -0.0213. The minimum Gasteiger partial charge on any atom is -0.497 e.